The molecule has 20 heavy (non-hydrogen) atoms. The van der Waals surface area contributed by atoms with E-state index in [2.05, 4.69) is 54.5 Å². The summed E-state index contributed by atoms with van der Waals surface area (Å²) >= 11 is 0. The molecule has 0 saturated heterocycles. The predicted molar refractivity (Wildman–Crippen MR) is 81.5 cm³/mol. The summed E-state index contributed by atoms with van der Waals surface area (Å²) in [5.74, 6) is 0.961. The minimum Gasteiger partial charge on any atom is -0.338 e. The Hall–Kier alpha value is -2.13. The topological polar surface area (TPSA) is 40.7 Å². The van der Waals surface area contributed by atoms with Gasteiger partial charge in [0.2, 0.25) is 0 Å². The molecule has 0 fully saturated rings. The Labute approximate surface area is 118 Å². The van der Waals surface area contributed by atoms with Crippen LogP contribution in [0.4, 0.5) is 0 Å². The van der Waals surface area contributed by atoms with Crippen molar-refractivity contribution in [1.29, 1.82) is 0 Å². The van der Waals surface area contributed by atoms with E-state index in [0.29, 0.717) is 0 Å². The highest BCUT2D eigenvalue weighted by Crippen LogP contribution is 2.26. The highest BCUT2D eigenvalue weighted by molar-refractivity contribution is 5.83. The van der Waals surface area contributed by atoms with Crippen LogP contribution in [0.25, 0.3) is 22.4 Å². The number of nitrogens with zero attached hydrogens (tertiary/aromatic N) is 1. The Kier molecular flexibility index (Phi) is 2.44. The molecule has 0 amide bonds. The lowest BCUT2D eigenvalue weighted by Crippen LogP contribution is -1.99. The summed E-state index contributed by atoms with van der Waals surface area (Å²) < 4.78 is 0. The molecule has 3 nitrogen and oxygen atoms in total. The molecule has 3 heteroatoms. The molecule has 1 aromatic heterocycles. The van der Waals surface area contributed by atoms with Gasteiger partial charge in [-0.05, 0) is 48.2 Å². The van der Waals surface area contributed by atoms with Crippen molar-refractivity contribution < 1.29 is 0 Å². The molecule has 1 aliphatic rings. The molecule has 2 heterocycles. The van der Waals surface area contributed by atoms with Crippen LogP contribution in [0.1, 0.15) is 22.3 Å². The highest BCUT2D eigenvalue weighted by Gasteiger charge is 2.13. The van der Waals surface area contributed by atoms with Gasteiger partial charge >= 0.3 is 0 Å². The van der Waals surface area contributed by atoms with Gasteiger partial charge in [-0.25, -0.2) is 4.98 Å². The molecule has 0 radical (unpaired) electrons. The number of aromatic nitrogens is 2. The van der Waals surface area contributed by atoms with Gasteiger partial charge in [-0.2, -0.15) is 0 Å². The molecule has 2 N–H and O–H groups in total. The summed E-state index contributed by atoms with van der Waals surface area (Å²) in [6.45, 7) is 6.18. The van der Waals surface area contributed by atoms with Crippen molar-refractivity contribution in [2.45, 2.75) is 26.9 Å². The predicted octanol–water partition coefficient (Wildman–Crippen LogP) is 3.45. The van der Waals surface area contributed by atoms with E-state index in [0.717, 1.165) is 29.9 Å². The van der Waals surface area contributed by atoms with Gasteiger partial charge in [0.15, 0.2) is 0 Å². The zero-order chi connectivity index (χ0) is 13.7. The lowest BCUT2D eigenvalue weighted by Gasteiger charge is -2.01. The summed E-state index contributed by atoms with van der Waals surface area (Å²) in [5, 5.41) is 3.38. The first-order valence-electron chi connectivity index (χ1n) is 7.00. The van der Waals surface area contributed by atoms with E-state index in [1.165, 1.54) is 27.8 Å². The van der Waals surface area contributed by atoms with Crippen molar-refractivity contribution in [2.24, 2.45) is 0 Å². The van der Waals surface area contributed by atoms with Crippen LogP contribution < -0.4 is 5.32 Å². The van der Waals surface area contributed by atoms with E-state index >= 15 is 0 Å². The Morgan fingerprint density at radius 2 is 1.85 bits per heavy atom. The van der Waals surface area contributed by atoms with E-state index in [1.807, 2.05) is 0 Å². The number of imidazole rings is 1. The first kappa shape index (κ1) is 11.7. The van der Waals surface area contributed by atoms with Crippen molar-refractivity contribution in [1.82, 2.24) is 15.3 Å². The van der Waals surface area contributed by atoms with Crippen molar-refractivity contribution in [3.63, 3.8) is 0 Å². The molecule has 0 saturated carbocycles. The molecule has 2 aromatic carbocycles. The lowest BCUT2D eigenvalue weighted by molar-refractivity contribution is 0.765. The SMILES string of the molecule is Cc1cc(C)c2nc(-c3ccc4c(c3)CNC4)[nH]c2c1. The zero-order valence-corrected chi connectivity index (χ0v) is 11.7. The first-order chi connectivity index (χ1) is 9.70. The fourth-order valence-corrected chi connectivity index (χ4v) is 3.05. The summed E-state index contributed by atoms with van der Waals surface area (Å²) in [6, 6.07) is 10.9. The van der Waals surface area contributed by atoms with Gasteiger partial charge in [0, 0.05) is 18.7 Å². The van der Waals surface area contributed by atoms with Gasteiger partial charge in [-0.3, -0.25) is 0 Å². The van der Waals surface area contributed by atoms with Gasteiger partial charge in [0.1, 0.15) is 5.82 Å². The third-order valence-electron chi connectivity index (χ3n) is 4.03. The normalized spacial score (nSPS) is 13.9. The van der Waals surface area contributed by atoms with Crippen LogP contribution in [0.5, 0.6) is 0 Å². The Bertz CT molecular complexity index is 814. The monoisotopic (exact) mass is 263 g/mol. The summed E-state index contributed by atoms with van der Waals surface area (Å²) in [5.41, 5.74) is 8.64. The van der Waals surface area contributed by atoms with Gasteiger partial charge in [-0.15, -0.1) is 0 Å². The maximum Gasteiger partial charge on any atom is 0.138 e. The quantitative estimate of drug-likeness (QED) is 0.706. The number of aryl methyl sites for hydroxylation is 2. The zero-order valence-electron chi connectivity index (χ0n) is 11.7. The molecule has 1 aliphatic heterocycles. The minimum atomic E-state index is 0.960. The van der Waals surface area contributed by atoms with Crippen LogP contribution >= 0.6 is 0 Å². The van der Waals surface area contributed by atoms with Crippen LogP contribution in [0.3, 0.4) is 0 Å². The second-order valence-electron chi connectivity index (χ2n) is 5.65. The van der Waals surface area contributed by atoms with Crippen LogP contribution in [0, 0.1) is 13.8 Å². The number of aromatic amines is 1. The lowest BCUT2D eigenvalue weighted by atomic mass is 10.1. The number of fused-ring (bicyclic) bond motifs is 2. The van der Waals surface area contributed by atoms with Gasteiger partial charge in [0.05, 0.1) is 11.0 Å². The van der Waals surface area contributed by atoms with E-state index in [-0.39, 0.29) is 0 Å². The fraction of sp³-hybridized carbons (Fsp3) is 0.235. The van der Waals surface area contributed by atoms with Crippen LogP contribution in [-0.4, -0.2) is 9.97 Å². The highest BCUT2D eigenvalue weighted by atomic mass is 14.9. The molecular weight excluding hydrogens is 246 g/mol. The van der Waals surface area contributed by atoms with Crippen molar-refractivity contribution >= 4 is 11.0 Å². The second-order valence-corrected chi connectivity index (χ2v) is 5.65. The molecule has 0 unspecified atom stereocenters. The average molecular weight is 263 g/mol. The number of nitrogens with one attached hydrogen (secondary N) is 2. The van der Waals surface area contributed by atoms with Crippen molar-refractivity contribution in [2.75, 3.05) is 0 Å². The standard InChI is InChI=1S/C17H17N3/c1-10-5-11(2)16-15(6-10)19-17(20-16)12-3-4-13-8-18-9-14(13)7-12/h3-7,18H,8-9H2,1-2H3,(H,19,20). The largest absolute Gasteiger partial charge is 0.338 e. The number of H-pyrrole nitrogens is 1. The first-order valence-corrected chi connectivity index (χ1v) is 7.00. The number of hydrogen-bond donors (Lipinski definition) is 2. The molecule has 0 atom stereocenters. The second kappa shape index (κ2) is 4.18. The maximum atomic E-state index is 4.77. The van der Waals surface area contributed by atoms with Crippen LogP contribution in [0.15, 0.2) is 30.3 Å². The molecule has 0 bridgehead atoms. The summed E-state index contributed by atoms with van der Waals surface area (Å²) in [6.07, 6.45) is 0. The third kappa shape index (κ3) is 1.74. The van der Waals surface area contributed by atoms with E-state index in [9.17, 15) is 0 Å². The van der Waals surface area contributed by atoms with Gasteiger partial charge in [0.25, 0.3) is 0 Å². The Balaban J connectivity index is 1.88. The average Bonchev–Trinajstić information content (AvgIpc) is 3.03. The molecule has 0 aliphatic carbocycles. The Morgan fingerprint density at radius 3 is 2.75 bits per heavy atom. The number of benzene rings is 2. The summed E-state index contributed by atoms with van der Waals surface area (Å²) in [7, 11) is 0. The van der Waals surface area contributed by atoms with E-state index in [4.69, 9.17) is 4.98 Å². The van der Waals surface area contributed by atoms with E-state index < -0.39 is 0 Å². The molecular formula is C17H17N3. The Morgan fingerprint density at radius 1 is 1.00 bits per heavy atom. The number of hydrogen-bond acceptors (Lipinski definition) is 2. The van der Waals surface area contributed by atoms with Gasteiger partial charge in [-0.1, -0.05) is 18.2 Å². The molecule has 4 rings (SSSR count). The molecule has 100 valence electrons. The number of rotatable bonds is 1. The van der Waals surface area contributed by atoms with Crippen molar-refractivity contribution in [3.8, 4) is 11.4 Å². The minimum absolute atomic E-state index is 0.960. The smallest absolute Gasteiger partial charge is 0.138 e. The summed E-state index contributed by atoms with van der Waals surface area (Å²) in [4.78, 5) is 8.23. The molecule has 3 aromatic rings. The van der Waals surface area contributed by atoms with Gasteiger partial charge < -0.3 is 10.3 Å². The molecule has 0 spiro atoms. The fourth-order valence-electron chi connectivity index (χ4n) is 3.05. The van der Waals surface area contributed by atoms with Crippen LogP contribution in [0.2, 0.25) is 0 Å². The third-order valence-corrected chi connectivity index (χ3v) is 4.03. The van der Waals surface area contributed by atoms with Crippen molar-refractivity contribution in [3.05, 3.63) is 52.6 Å². The van der Waals surface area contributed by atoms with E-state index in [1.54, 1.807) is 0 Å². The maximum absolute atomic E-state index is 4.77. The van der Waals surface area contributed by atoms with Crippen LogP contribution in [-0.2, 0) is 13.1 Å².